The smallest absolute Gasteiger partial charge is 0.139 e. The van der Waals surface area contributed by atoms with Crippen LogP contribution in [0.2, 0.25) is 10.0 Å². The molecule has 3 aromatic rings. The summed E-state index contributed by atoms with van der Waals surface area (Å²) in [4.78, 5) is 11.4. The van der Waals surface area contributed by atoms with Crippen LogP contribution in [-0.4, -0.2) is 23.1 Å². The van der Waals surface area contributed by atoms with E-state index in [0.29, 0.717) is 16.0 Å². The van der Waals surface area contributed by atoms with Crippen LogP contribution in [0.15, 0.2) is 42.7 Å². The van der Waals surface area contributed by atoms with Crippen molar-refractivity contribution in [2.45, 2.75) is 19.8 Å². The Morgan fingerprint density at radius 2 is 1.88 bits per heavy atom. The Labute approximate surface area is 157 Å². The average molecular weight is 372 g/mol. The number of rotatable bonds is 2. The minimum Gasteiger partial charge on any atom is -0.356 e. The van der Waals surface area contributed by atoms with Gasteiger partial charge in [-0.05, 0) is 48.6 Å². The molecule has 2 aromatic carbocycles. The zero-order valence-electron chi connectivity index (χ0n) is 14.0. The lowest BCUT2D eigenvalue weighted by Gasteiger charge is -2.32. The van der Waals surface area contributed by atoms with Crippen molar-refractivity contribution in [3.8, 4) is 11.1 Å². The predicted octanol–water partition coefficient (Wildman–Crippen LogP) is 5.84. The summed E-state index contributed by atoms with van der Waals surface area (Å²) in [5.41, 5.74) is 2.90. The van der Waals surface area contributed by atoms with Crippen LogP contribution < -0.4 is 4.90 Å². The van der Waals surface area contributed by atoms with E-state index < -0.39 is 0 Å². The number of anilines is 1. The molecule has 0 spiro atoms. The second-order valence-corrected chi connectivity index (χ2v) is 7.59. The van der Waals surface area contributed by atoms with Crippen LogP contribution in [0.3, 0.4) is 0 Å². The molecular formula is C20H19Cl2N3. The zero-order chi connectivity index (χ0) is 17.4. The highest BCUT2D eigenvalue weighted by Gasteiger charge is 2.20. The molecule has 5 heteroatoms. The highest BCUT2D eigenvalue weighted by atomic mass is 35.5. The molecule has 128 valence electrons. The van der Waals surface area contributed by atoms with Crippen molar-refractivity contribution < 1.29 is 0 Å². The highest BCUT2D eigenvalue weighted by molar-refractivity contribution is 6.34. The fraction of sp³-hybridized carbons (Fsp3) is 0.300. The largest absolute Gasteiger partial charge is 0.356 e. The maximum absolute atomic E-state index is 6.53. The Kier molecular flexibility index (Phi) is 4.53. The first-order valence-electron chi connectivity index (χ1n) is 8.57. The van der Waals surface area contributed by atoms with Crippen molar-refractivity contribution in [1.82, 2.24) is 9.97 Å². The van der Waals surface area contributed by atoms with Gasteiger partial charge in [-0.25, -0.2) is 9.97 Å². The molecule has 1 saturated heterocycles. The van der Waals surface area contributed by atoms with Gasteiger partial charge in [-0.15, -0.1) is 0 Å². The molecule has 0 saturated carbocycles. The van der Waals surface area contributed by atoms with Gasteiger partial charge in [-0.1, -0.05) is 42.3 Å². The van der Waals surface area contributed by atoms with E-state index in [4.69, 9.17) is 23.2 Å². The van der Waals surface area contributed by atoms with Crippen LogP contribution in [-0.2, 0) is 0 Å². The highest BCUT2D eigenvalue weighted by Crippen LogP contribution is 2.35. The van der Waals surface area contributed by atoms with Gasteiger partial charge in [0.2, 0.25) is 0 Å². The Morgan fingerprint density at radius 1 is 1.08 bits per heavy atom. The lowest BCUT2D eigenvalue weighted by atomic mass is 9.99. The van der Waals surface area contributed by atoms with Gasteiger partial charge in [0.05, 0.1) is 10.5 Å². The van der Waals surface area contributed by atoms with Crippen molar-refractivity contribution in [2.24, 2.45) is 5.92 Å². The third-order valence-electron chi connectivity index (χ3n) is 4.81. The minimum absolute atomic E-state index is 0.682. The lowest BCUT2D eigenvalue weighted by Crippen LogP contribution is -2.35. The average Bonchev–Trinajstić information content (AvgIpc) is 2.61. The van der Waals surface area contributed by atoms with E-state index in [1.54, 1.807) is 6.33 Å². The van der Waals surface area contributed by atoms with E-state index in [1.807, 2.05) is 30.3 Å². The number of piperidine rings is 1. The Balaban J connectivity index is 1.85. The third-order valence-corrected chi connectivity index (χ3v) is 5.38. The molecule has 1 fully saturated rings. The molecule has 2 heterocycles. The minimum atomic E-state index is 0.682. The molecule has 0 bridgehead atoms. The fourth-order valence-electron chi connectivity index (χ4n) is 3.55. The van der Waals surface area contributed by atoms with Crippen molar-refractivity contribution >= 4 is 39.9 Å². The van der Waals surface area contributed by atoms with Gasteiger partial charge in [0.1, 0.15) is 12.1 Å². The van der Waals surface area contributed by atoms with Crippen molar-refractivity contribution in [3.05, 3.63) is 52.8 Å². The molecular weight excluding hydrogens is 353 g/mol. The number of fused-ring (bicyclic) bond motifs is 1. The molecule has 0 N–H and O–H groups in total. The SMILES string of the molecule is CC1CCCN(c2ncnc3cc(Cl)c(-c4ccc(Cl)cc4)cc23)C1. The summed E-state index contributed by atoms with van der Waals surface area (Å²) in [5, 5.41) is 2.45. The number of nitrogens with zero attached hydrogens (tertiary/aromatic N) is 3. The molecule has 0 amide bonds. The second-order valence-electron chi connectivity index (χ2n) is 6.75. The number of aromatic nitrogens is 2. The maximum Gasteiger partial charge on any atom is 0.139 e. The Hall–Kier alpha value is -1.84. The van der Waals surface area contributed by atoms with Crippen LogP contribution in [0.25, 0.3) is 22.0 Å². The second kappa shape index (κ2) is 6.81. The first-order valence-corrected chi connectivity index (χ1v) is 9.32. The van der Waals surface area contributed by atoms with E-state index in [1.165, 1.54) is 12.8 Å². The molecule has 25 heavy (non-hydrogen) atoms. The fourth-order valence-corrected chi connectivity index (χ4v) is 3.94. The Morgan fingerprint density at radius 3 is 2.64 bits per heavy atom. The van der Waals surface area contributed by atoms with E-state index in [9.17, 15) is 0 Å². The molecule has 3 nitrogen and oxygen atoms in total. The summed E-state index contributed by atoms with van der Waals surface area (Å²) in [7, 11) is 0. The normalized spacial score (nSPS) is 17.9. The monoisotopic (exact) mass is 371 g/mol. The van der Waals surface area contributed by atoms with Crippen molar-refractivity contribution in [1.29, 1.82) is 0 Å². The van der Waals surface area contributed by atoms with Gasteiger partial charge in [0, 0.05) is 29.1 Å². The van der Waals surface area contributed by atoms with Gasteiger partial charge >= 0.3 is 0 Å². The van der Waals surface area contributed by atoms with Crippen LogP contribution in [0.4, 0.5) is 5.82 Å². The maximum atomic E-state index is 6.53. The summed E-state index contributed by atoms with van der Waals surface area (Å²) >= 11 is 12.5. The number of halogens is 2. The first-order chi connectivity index (χ1) is 12.1. The quantitative estimate of drug-likeness (QED) is 0.566. The van der Waals surface area contributed by atoms with Gasteiger partial charge in [0.25, 0.3) is 0 Å². The van der Waals surface area contributed by atoms with Gasteiger partial charge in [-0.2, -0.15) is 0 Å². The summed E-state index contributed by atoms with van der Waals surface area (Å²) in [6.45, 7) is 4.37. The molecule has 1 unspecified atom stereocenters. The standard InChI is InChI=1S/C20H19Cl2N3/c1-13-3-2-8-25(11-13)20-17-9-16(14-4-6-15(21)7-5-14)18(22)10-19(17)23-12-24-20/h4-7,9-10,12-13H,2-3,8,11H2,1H3. The van der Waals surface area contributed by atoms with Crippen LogP contribution in [0.5, 0.6) is 0 Å². The van der Waals surface area contributed by atoms with Crippen LogP contribution in [0.1, 0.15) is 19.8 Å². The van der Waals surface area contributed by atoms with E-state index in [0.717, 1.165) is 40.9 Å². The van der Waals surface area contributed by atoms with Gasteiger partial charge < -0.3 is 4.90 Å². The van der Waals surface area contributed by atoms with Gasteiger partial charge in [0.15, 0.2) is 0 Å². The summed E-state index contributed by atoms with van der Waals surface area (Å²) in [6.07, 6.45) is 4.11. The summed E-state index contributed by atoms with van der Waals surface area (Å²) in [6, 6.07) is 11.8. The van der Waals surface area contributed by atoms with Crippen molar-refractivity contribution in [2.75, 3.05) is 18.0 Å². The molecule has 1 aliphatic heterocycles. The lowest BCUT2D eigenvalue weighted by molar-refractivity contribution is 0.445. The zero-order valence-corrected chi connectivity index (χ0v) is 15.6. The molecule has 1 aromatic heterocycles. The van der Waals surface area contributed by atoms with E-state index in [2.05, 4.69) is 27.9 Å². The van der Waals surface area contributed by atoms with Crippen LogP contribution in [0, 0.1) is 5.92 Å². The van der Waals surface area contributed by atoms with E-state index >= 15 is 0 Å². The first kappa shape index (κ1) is 16.6. The Bertz CT molecular complexity index is 909. The molecule has 1 atom stereocenters. The van der Waals surface area contributed by atoms with Crippen LogP contribution >= 0.6 is 23.2 Å². The summed E-state index contributed by atoms with van der Waals surface area (Å²) in [5.74, 6) is 1.69. The molecule has 1 aliphatic rings. The number of hydrogen-bond acceptors (Lipinski definition) is 3. The van der Waals surface area contributed by atoms with Gasteiger partial charge in [-0.3, -0.25) is 0 Å². The molecule has 0 radical (unpaired) electrons. The number of hydrogen-bond donors (Lipinski definition) is 0. The third kappa shape index (κ3) is 3.31. The molecule has 0 aliphatic carbocycles. The predicted molar refractivity (Wildman–Crippen MR) is 106 cm³/mol. The number of benzene rings is 2. The topological polar surface area (TPSA) is 29.0 Å². The van der Waals surface area contributed by atoms with E-state index in [-0.39, 0.29) is 0 Å². The van der Waals surface area contributed by atoms with Crippen molar-refractivity contribution in [3.63, 3.8) is 0 Å². The molecule has 4 rings (SSSR count). The summed E-state index contributed by atoms with van der Waals surface area (Å²) < 4.78 is 0.